The van der Waals surface area contributed by atoms with Crippen molar-refractivity contribution in [1.29, 1.82) is 0 Å². The summed E-state index contributed by atoms with van der Waals surface area (Å²) in [5.41, 5.74) is 1.55. The number of anilines is 1. The zero-order chi connectivity index (χ0) is 21.7. The van der Waals surface area contributed by atoms with E-state index in [4.69, 9.17) is 9.47 Å². The van der Waals surface area contributed by atoms with Gasteiger partial charge in [-0.2, -0.15) is 5.10 Å². The maximum atomic E-state index is 12.4. The van der Waals surface area contributed by atoms with Crippen molar-refractivity contribution in [3.63, 3.8) is 0 Å². The molecule has 7 nitrogen and oxygen atoms in total. The number of carbonyl (C=O) groups excluding carboxylic acids is 2. The Morgan fingerprint density at radius 3 is 2.43 bits per heavy atom. The summed E-state index contributed by atoms with van der Waals surface area (Å²) in [6, 6.07) is 17.5. The first-order valence-corrected chi connectivity index (χ1v) is 9.70. The SMILES string of the molecule is CCOC(=O)c1cccc(-n2nc(C(C)(C)C)cc2NC(=O)Oc2ccccc2)c1. The second kappa shape index (κ2) is 8.82. The van der Waals surface area contributed by atoms with Crippen LogP contribution in [0.25, 0.3) is 5.69 Å². The number of esters is 1. The van der Waals surface area contributed by atoms with Gasteiger partial charge in [-0.1, -0.05) is 45.0 Å². The lowest BCUT2D eigenvalue weighted by molar-refractivity contribution is 0.0526. The Morgan fingerprint density at radius 1 is 1.03 bits per heavy atom. The van der Waals surface area contributed by atoms with Gasteiger partial charge < -0.3 is 9.47 Å². The van der Waals surface area contributed by atoms with Gasteiger partial charge in [0.25, 0.3) is 0 Å². The number of nitrogens with zero attached hydrogens (tertiary/aromatic N) is 2. The van der Waals surface area contributed by atoms with Crippen LogP contribution in [0.15, 0.2) is 60.7 Å². The maximum Gasteiger partial charge on any atom is 0.418 e. The van der Waals surface area contributed by atoms with Crippen LogP contribution in [0.1, 0.15) is 43.7 Å². The molecular weight excluding hydrogens is 382 g/mol. The van der Waals surface area contributed by atoms with Gasteiger partial charge in [0.05, 0.1) is 23.6 Å². The van der Waals surface area contributed by atoms with E-state index in [0.717, 1.165) is 5.69 Å². The van der Waals surface area contributed by atoms with E-state index < -0.39 is 12.1 Å². The average Bonchev–Trinajstić information content (AvgIpc) is 3.13. The van der Waals surface area contributed by atoms with Gasteiger partial charge in [-0.05, 0) is 37.3 Å². The summed E-state index contributed by atoms with van der Waals surface area (Å²) in [6.45, 7) is 8.13. The predicted octanol–water partition coefficient (Wildman–Crippen LogP) is 4.96. The van der Waals surface area contributed by atoms with E-state index in [9.17, 15) is 9.59 Å². The number of rotatable bonds is 5. The molecule has 3 rings (SSSR count). The molecule has 0 aliphatic rings. The normalized spacial score (nSPS) is 11.1. The fraction of sp³-hybridized carbons (Fsp3) is 0.261. The van der Waals surface area contributed by atoms with E-state index in [0.29, 0.717) is 22.8 Å². The molecule has 1 aromatic heterocycles. The fourth-order valence-corrected chi connectivity index (χ4v) is 2.74. The number of ether oxygens (including phenoxy) is 2. The van der Waals surface area contributed by atoms with Crippen molar-refractivity contribution < 1.29 is 19.1 Å². The summed E-state index contributed by atoms with van der Waals surface area (Å²) >= 11 is 0. The number of carbonyl (C=O) groups is 2. The molecule has 1 amide bonds. The summed E-state index contributed by atoms with van der Waals surface area (Å²) in [4.78, 5) is 24.6. The van der Waals surface area contributed by atoms with Crippen LogP contribution < -0.4 is 10.1 Å². The molecule has 7 heteroatoms. The van der Waals surface area contributed by atoms with Gasteiger partial charge in [0.1, 0.15) is 11.6 Å². The molecule has 3 aromatic rings. The van der Waals surface area contributed by atoms with Gasteiger partial charge in [0.15, 0.2) is 0 Å². The first-order valence-electron chi connectivity index (χ1n) is 9.70. The Kier molecular flexibility index (Phi) is 6.20. The maximum absolute atomic E-state index is 12.4. The molecule has 0 saturated carbocycles. The lowest BCUT2D eigenvalue weighted by Gasteiger charge is -2.14. The molecule has 0 unspecified atom stereocenters. The zero-order valence-corrected chi connectivity index (χ0v) is 17.5. The smallest absolute Gasteiger partial charge is 0.418 e. The van der Waals surface area contributed by atoms with Crippen molar-refractivity contribution >= 4 is 17.9 Å². The van der Waals surface area contributed by atoms with Crippen molar-refractivity contribution in [2.75, 3.05) is 11.9 Å². The monoisotopic (exact) mass is 407 g/mol. The van der Waals surface area contributed by atoms with E-state index in [2.05, 4.69) is 10.4 Å². The molecule has 0 radical (unpaired) electrons. The van der Waals surface area contributed by atoms with Gasteiger partial charge in [-0.15, -0.1) is 0 Å². The Morgan fingerprint density at radius 2 is 1.77 bits per heavy atom. The van der Waals surface area contributed by atoms with E-state index in [-0.39, 0.29) is 12.0 Å². The van der Waals surface area contributed by atoms with Crippen LogP contribution in [0.5, 0.6) is 5.75 Å². The summed E-state index contributed by atoms with van der Waals surface area (Å²) in [5, 5.41) is 7.40. The molecule has 0 bridgehead atoms. The third kappa shape index (κ3) is 5.05. The number of para-hydroxylation sites is 1. The van der Waals surface area contributed by atoms with Crippen molar-refractivity contribution in [1.82, 2.24) is 9.78 Å². The van der Waals surface area contributed by atoms with Crippen LogP contribution in [0, 0.1) is 0 Å². The summed E-state index contributed by atoms with van der Waals surface area (Å²) in [7, 11) is 0. The van der Waals surface area contributed by atoms with Crippen molar-refractivity contribution in [3.8, 4) is 11.4 Å². The molecule has 0 saturated heterocycles. The van der Waals surface area contributed by atoms with Crippen LogP contribution in [-0.4, -0.2) is 28.4 Å². The highest BCUT2D eigenvalue weighted by Gasteiger charge is 2.22. The summed E-state index contributed by atoms with van der Waals surface area (Å²) in [6.07, 6.45) is -0.635. The highest BCUT2D eigenvalue weighted by molar-refractivity contribution is 5.90. The fourth-order valence-electron chi connectivity index (χ4n) is 2.74. The molecule has 1 heterocycles. The molecule has 156 valence electrons. The van der Waals surface area contributed by atoms with E-state index in [1.807, 2.05) is 26.8 Å². The van der Waals surface area contributed by atoms with Crippen molar-refractivity contribution in [3.05, 3.63) is 71.9 Å². The van der Waals surface area contributed by atoms with Crippen LogP contribution in [0.4, 0.5) is 10.6 Å². The molecule has 0 spiro atoms. The largest absolute Gasteiger partial charge is 0.462 e. The molecule has 0 aliphatic heterocycles. The van der Waals surface area contributed by atoms with Crippen LogP contribution in [0.3, 0.4) is 0 Å². The topological polar surface area (TPSA) is 82.5 Å². The Bertz CT molecular complexity index is 1040. The van der Waals surface area contributed by atoms with Crippen LogP contribution in [-0.2, 0) is 10.2 Å². The van der Waals surface area contributed by atoms with Crippen molar-refractivity contribution in [2.45, 2.75) is 33.1 Å². The molecule has 0 atom stereocenters. The lowest BCUT2D eigenvalue weighted by Crippen LogP contribution is -2.19. The third-order valence-corrected chi connectivity index (χ3v) is 4.26. The van der Waals surface area contributed by atoms with Crippen LogP contribution in [0.2, 0.25) is 0 Å². The lowest BCUT2D eigenvalue weighted by atomic mass is 9.92. The second-order valence-corrected chi connectivity index (χ2v) is 7.67. The van der Waals surface area contributed by atoms with Gasteiger partial charge >= 0.3 is 12.1 Å². The van der Waals surface area contributed by atoms with E-state index in [1.54, 1.807) is 66.2 Å². The van der Waals surface area contributed by atoms with E-state index >= 15 is 0 Å². The third-order valence-electron chi connectivity index (χ3n) is 4.26. The molecule has 1 N–H and O–H groups in total. The number of benzene rings is 2. The van der Waals surface area contributed by atoms with E-state index in [1.165, 1.54) is 0 Å². The molecule has 2 aromatic carbocycles. The second-order valence-electron chi connectivity index (χ2n) is 7.67. The summed E-state index contributed by atoms with van der Waals surface area (Å²) < 4.78 is 12.0. The molecule has 30 heavy (non-hydrogen) atoms. The summed E-state index contributed by atoms with van der Waals surface area (Å²) in [5.74, 6) is 0.448. The average molecular weight is 407 g/mol. The standard InChI is InChI=1S/C23H25N3O4/c1-5-29-21(27)16-10-9-11-17(14-16)26-20(15-19(25-26)23(2,3)4)24-22(28)30-18-12-7-6-8-13-18/h6-15H,5H2,1-4H3,(H,24,28). The number of nitrogens with one attached hydrogen (secondary N) is 1. The first-order chi connectivity index (χ1) is 14.3. The minimum Gasteiger partial charge on any atom is -0.462 e. The number of hydrogen-bond donors (Lipinski definition) is 1. The quantitative estimate of drug-likeness (QED) is 0.605. The van der Waals surface area contributed by atoms with Gasteiger partial charge in [0, 0.05) is 11.5 Å². The predicted molar refractivity (Wildman–Crippen MR) is 114 cm³/mol. The van der Waals surface area contributed by atoms with Gasteiger partial charge in [-0.3, -0.25) is 5.32 Å². The highest BCUT2D eigenvalue weighted by atomic mass is 16.6. The van der Waals surface area contributed by atoms with Crippen LogP contribution >= 0.6 is 0 Å². The van der Waals surface area contributed by atoms with Gasteiger partial charge in [-0.25, -0.2) is 14.3 Å². The zero-order valence-electron chi connectivity index (χ0n) is 17.5. The highest BCUT2D eigenvalue weighted by Crippen LogP contribution is 2.27. The minimum atomic E-state index is -0.635. The van der Waals surface area contributed by atoms with Gasteiger partial charge in [0.2, 0.25) is 0 Å². The minimum absolute atomic E-state index is 0.246. The number of aromatic nitrogens is 2. The Labute approximate surface area is 175 Å². The number of amides is 1. The first kappa shape index (κ1) is 21.1. The Hall–Kier alpha value is -3.61. The molecular formula is C23H25N3O4. The molecule has 0 fully saturated rings. The Balaban J connectivity index is 1.94. The number of hydrogen-bond acceptors (Lipinski definition) is 5. The van der Waals surface area contributed by atoms with Crippen molar-refractivity contribution in [2.24, 2.45) is 0 Å². The molecule has 0 aliphatic carbocycles.